The van der Waals surface area contributed by atoms with Gasteiger partial charge >= 0.3 is 0 Å². The molecule has 1 saturated heterocycles. The lowest BCUT2D eigenvalue weighted by Gasteiger charge is -2.27. The van der Waals surface area contributed by atoms with E-state index in [0.29, 0.717) is 11.8 Å². The largest absolute Gasteiger partial charge is 0.372 e. The van der Waals surface area contributed by atoms with Crippen LogP contribution >= 0.6 is 0 Å². The van der Waals surface area contributed by atoms with Crippen LogP contribution in [0.4, 0.5) is 0 Å². The van der Waals surface area contributed by atoms with Crippen molar-refractivity contribution in [2.75, 3.05) is 6.54 Å². The first kappa shape index (κ1) is 17.2. The van der Waals surface area contributed by atoms with Crippen molar-refractivity contribution in [3.05, 3.63) is 17.5 Å². The number of carbonyl (C=O) groups is 2. The van der Waals surface area contributed by atoms with Crippen LogP contribution in [0.25, 0.3) is 0 Å². The fourth-order valence-electron chi connectivity index (χ4n) is 2.70. The highest BCUT2D eigenvalue weighted by molar-refractivity contribution is 5.83. The summed E-state index contributed by atoms with van der Waals surface area (Å²) in [6.45, 7) is 8.99. The molecule has 1 aliphatic heterocycles. The molecule has 0 saturated carbocycles. The topological polar surface area (TPSA) is 89.4 Å². The van der Waals surface area contributed by atoms with Crippen molar-refractivity contribution in [3.8, 4) is 0 Å². The number of aromatic nitrogens is 1. The Balaban J connectivity index is 0.000000677. The number of rotatable bonds is 3. The van der Waals surface area contributed by atoms with E-state index in [9.17, 15) is 4.79 Å². The van der Waals surface area contributed by atoms with Gasteiger partial charge in [0, 0.05) is 18.7 Å². The molecule has 21 heavy (non-hydrogen) atoms. The molecule has 0 bridgehead atoms. The van der Waals surface area contributed by atoms with Gasteiger partial charge in [0.25, 0.3) is 0 Å². The number of amides is 2. The van der Waals surface area contributed by atoms with Crippen molar-refractivity contribution < 1.29 is 14.1 Å². The first-order valence-electron chi connectivity index (χ1n) is 7.31. The number of hydrogen-bond donors (Lipinski definition) is 1. The molecule has 118 valence electrons. The highest BCUT2D eigenvalue weighted by atomic mass is 16.5. The Labute approximate surface area is 125 Å². The summed E-state index contributed by atoms with van der Waals surface area (Å²) in [6, 6.07) is 2.23. The maximum atomic E-state index is 12.6. The number of nitrogens with two attached hydrogens (primary N) is 1. The molecule has 2 N–H and O–H groups in total. The molecule has 2 unspecified atom stereocenters. The minimum atomic E-state index is -0.202. The predicted octanol–water partition coefficient (Wildman–Crippen LogP) is 1.84. The van der Waals surface area contributed by atoms with Crippen molar-refractivity contribution in [2.24, 2.45) is 11.7 Å². The van der Waals surface area contributed by atoms with E-state index in [2.05, 4.69) is 31.7 Å². The molecular weight excluding hydrogens is 270 g/mol. The van der Waals surface area contributed by atoms with Gasteiger partial charge in [0.1, 0.15) is 11.7 Å². The highest BCUT2D eigenvalue weighted by Gasteiger charge is 2.35. The van der Waals surface area contributed by atoms with Crippen LogP contribution < -0.4 is 5.73 Å². The van der Waals surface area contributed by atoms with Crippen LogP contribution in [0, 0.1) is 12.8 Å². The SMILES string of the molecule is Cc1cc(C(C(=O)N2CCCC2C)C(C)C)on1.NC=O. The zero-order chi connectivity index (χ0) is 16.0. The van der Waals surface area contributed by atoms with Crippen LogP contribution in [0.5, 0.6) is 0 Å². The van der Waals surface area contributed by atoms with Gasteiger partial charge in [-0.25, -0.2) is 0 Å². The molecule has 1 aromatic rings. The summed E-state index contributed by atoms with van der Waals surface area (Å²) in [5.41, 5.74) is 5.00. The molecule has 2 amide bonds. The van der Waals surface area contributed by atoms with E-state index in [1.165, 1.54) is 0 Å². The number of hydrogen-bond acceptors (Lipinski definition) is 4. The molecule has 1 aliphatic rings. The summed E-state index contributed by atoms with van der Waals surface area (Å²) >= 11 is 0. The second kappa shape index (κ2) is 7.81. The summed E-state index contributed by atoms with van der Waals surface area (Å²) in [5.74, 6) is 0.905. The molecule has 0 spiro atoms. The number of aryl methyl sites for hydroxylation is 1. The highest BCUT2D eigenvalue weighted by Crippen LogP contribution is 2.30. The van der Waals surface area contributed by atoms with E-state index >= 15 is 0 Å². The third-order valence-corrected chi connectivity index (χ3v) is 3.72. The van der Waals surface area contributed by atoms with E-state index in [4.69, 9.17) is 9.32 Å². The van der Waals surface area contributed by atoms with Gasteiger partial charge < -0.3 is 15.2 Å². The first-order valence-corrected chi connectivity index (χ1v) is 7.31. The maximum absolute atomic E-state index is 12.6. The van der Waals surface area contributed by atoms with Crippen LogP contribution in [0.2, 0.25) is 0 Å². The molecule has 1 aromatic heterocycles. The fraction of sp³-hybridized carbons (Fsp3) is 0.667. The summed E-state index contributed by atoms with van der Waals surface area (Å²) in [4.78, 5) is 23.2. The van der Waals surface area contributed by atoms with Crippen molar-refractivity contribution >= 4 is 12.3 Å². The van der Waals surface area contributed by atoms with Crippen LogP contribution in [0.3, 0.4) is 0 Å². The van der Waals surface area contributed by atoms with E-state index < -0.39 is 0 Å². The molecule has 0 radical (unpaired) electrons. The maximum Gasteiger partial charge on any atom is 0.233 e. The van der Waals surface area contributed by atoms with Crippen LogP contribution in [-0.4, -0.2) is 35.0 Å². The van der Waals surface area contributed by atoms with Gasteiger partial charge in [-0.05, 0) is 32.6 Å². The fourth-order valence-corrected chi connectivity index (χ4v) is 2.70. The lowest BCUT2D eigenvalue weighted by molar-refractivity contribution is -0.134. The number of carbonyl (C=O) groups excluding carboxylic acids is 2. The van der Waals surface area contributed by atoms with E-state index in [1.54, 1.807) is 0 Å². The molecule has 6 nitrogen and oxygen atoms in total. The molecule has 6 heteroatoms. The number of nitrogens with zero attached hydrogens (tertiary/aromatic N) is 2. The zero-order valence-electron chi connectivity index (χ0n) is 13.2. The van der Waals surface area contributed by atoms with Gasteiger partial charge in [-0.1, -0.05) is 19.0 Å². The second-order valence-electron chi connectivity index (χ2n) is 5.75. The van der Waals surface area contributed by atoms with Gasteiger partial charge in [0.05, 0.1) is 5.69 Å². The molecule has 2 atom stereocenters. The Bertz CT molecular complexity index is 470. The standard InChI is InChI=1S/C14H22N2O2.CH3NO/c1-9(2)13(12-8-10(3)15-18-12)14(17)16-7-5-6-11(16)4;2-1-3/h8-9,11,13H,5-7H2,1-4H3;1H,(H2,2,3). The molecule has 0 aromatic carbocycles. The van der Waals surface area contributed by atoms with Gasteiger partial charge in [-0.3, -0.25) is 9.59 Å². The van der Waals surface area contributed by atoms with E-state index in [1.807, 2.05) is 17.9 Å². The van der Waals surface area contributed by atoms with Gasteiger partial charge in [-0.2, -0.15) is 0 Å². The smallest absolute Gasteiger partial charge is 0.233 e. The summed E-state index contributed by atoms with van der Waals surface area (Å²) in [6.07, 6.45) is 2.46. The average Bonchev–Trinajstić information content (AvgIpc) is 2.99. The van der Waals surface area contributed by atoms with E-state index in [-0.39, 0.29) is 24.2 Å². The normalized spacial score (nSPS) is 19.1. The Hall–Kier alpha value is -1.85. The van der Waals surface area contributed by atoms with Crippen molar-refractivity contribution in [2.45, 2.75) is 52.5 Å². The first-order chi connectivity index (χ1) is 9.92. The Morgan fingerprint density at radius 3 is 2.57 bits per heavy atom. The van der Waals surface area contributed by atoms with Gasteiger partial charge in [-0.15, -0.1) is 0 Å². The number of primary amides is 1. The Morgan fingerprint density at radius 2 is 2.19 bits per heavy atom. The lowest BCUT2D eigenvalue weighted by atomic mass is 9.91. The van der Waals surface area contributed by atoms with Crippen LogP contribution in [0.1, 0.15) is 51.0 Å². The lowest BCUT2D eigenvalue weighted by Crippen LogP contribution is -2.38. The molecule has 2 rings (SSSR count). The second-order valence-corrected chi connectivity index (χ2v) is 5.75. The van der Waals surface area contributed by atoms with Crippen molar-refractivity contribution in [1.82, 2.24) is 10.1 Å². The predicted molar refractivity (Wildman–Crippen MR) is 79.5 cm³/mol. The monoisotopic (exact) mass is 295 g/mol. The van der Waals surface area contributed by atoms with Gasteiger partial charge in [0.2, 0.25) is 12.3 Å². The third-order valence-electron chi connectivity index (χ3n) is 3.72. The Kier molecular flexibility index (Phi) is 6.39. The van der Waals surface area contributed by atoms with Crippen LogP contribution in [0.15, 0.2) is 10.6 Å². The number of likely N-dealkylation sites (tertiary alicyclic amines) is 1. The zero-order valence-corrected chi connectivity index (χ0v) is 13.2. The van der Waals surface area contributed by atoms with Crippen molar-refractivity contribution in [1.29, 1.82) is 0 Å². The quantitative estimate of drug-likeness (QED) is 0.861. The van der Waals surface area contributed by atoms with E-state index in [0.717, 1.165) is 25.1 Å². The van der Waals surface area contributed by atoms with Crippen molar-refractivity contribution in [3.63, 3.8) is 0 Å². The van der Waals surface area contributed by atoms with Gasteiger partial charge in [0.15, 0.2) is 0 Å². The summed E-state index contributed by atoms with van der Waals surface area (Å²) in [7, 11) is 0. The minimum Gasteiger partial charge on any atom is -0.372 e. The molecule has 2 heterocycles. The van der Waals surface area contributed by atoms with Crippen LogP contribution in [-0.2, 0) is 9.59 Å². The Morgan fingerprint density at radius 1 is 1.57 bits per heavy atom. The summed E-state index contributed by atoms with van der Waals surface area (Å²) < 4.78 is 5.31. The molecule has 1 fully saturated rings. The molecular formula is C15H25N3O3. The summed E-state index contributed by atoms with van der Waals surface area (Å²) in [5, 5.41) is 3.90. The minimum absolute atomic E-state index is 0.186. The molecule has 0 aliphatic carbocycles. The average molecular weight is 295 g/mol. The third kappa shape index (κ3) is 4.31.